The number of aromatic nitrogens is 1. The molecule has 25 heavy (non-hydrogen) atoms. The van der Waals surface area contributed by atoms with E-state index in [1.165, 1.54) is 6.34 Å². The van der Waals surface area contributed by atoms with Crippen LogP contribution in [0, 0.1) is 0 Å². The van der Waals surface area contributed by atoms with Crippen LogP contribution in [0.15, 0.2) is 22.4 Å². The molecule has 0 aliphatic carbocycles. The Labute approximate surface area is 146 Å². The van der Waals surface area contributed by atoms with Crippen molar-refractivity contribution >= 4 is 35.4 Å². The molecule has 1 aromatic heterocycles. The second-order valence-electron chi connectivity index (χ2n) is 5.42. The lowest BCUT2D eigenvalue weighted by molar-refractivity contribution is -0.137. The van der Waals surface area contributed by atoms with Crippen LogP contribution in [0.3, 0.4) is 0 Å². The fourth-order valence-corrected chi connectivity index (χ4v) is 2.07. The normalized spacial score (nSPS) is 17.4. The summed E-state index contributed by atoms with van der Waals surface area (Å²) in [6, 6.07) is 0.786. The predicted molar refractivity (Wildman–Crippen MR) is 86.8 cm³/mol. The summed E-state index contributed by atoms with van der Waals surface area (Å²) in [7, 11) is 3.44. The first-order valence-corrected chi connectivity index (χ1v) is 7.49. The van der Waals surface area contributed by atoms with E-state index in [-0.39, 0.29) is 29.5 Å². The van der Waals surface area contributed by atoms with Crippen molar-refractivity contribution < 1.29 is 22.8 Å². The summed E-state index contributed by atoms with van der Waals surface area (Å²) in [5.41, 5.74) is -0.772. The number of hydrogen-bond donors (Lipinski definition) is 1. The Morgan fingerprint density at radius 1 is 1.56 bits per heavy atom. The van der Waals surface area contributed by atoms with Gasteiger partial charge in [0.1, 0.15) is 5.82 Å². The van der Waals surface area contributed by atoms with E-state index < -0.39 is 23.8 Å². The Hall–Kier alpha value is -2.36. The average Bonchev–Trinajstić information content (AvgIpc) is 2.99. The Morgan fingerprint density at radius 3 is 2.88 bits per heavy atom. The molecule has 0 fully saturated rings. The van der Waals surface area contributed by atoms with Gasteiger partial charge < -0.3 is 15.1 Å². The summed E-state index contributed by atoms with van der Waals surface area (Å²) in [5, 5.41) is 6.28. The molecule has 1 amide bonds. The fraction of sp³-hybridized carbons (Fsp3) is 0.429. The number of hydrogen-bond acceptors (Lipinski definition) is 5. The molecular weight excluding hydrogens is 363 g/mol. The molecule has 2 heterocycles. The zero-order chi connectivity index (χ0) is 18.6. The summed E-state index contributed by atoms with van der Waals surface area (Å²) in [6.45, 7) is 0.162. The molecule has 2 rings (SSSR count). The van der Waals surface area contributed by atoms with Crippen molar-refractivity contribution in [2.45, 2.75) is 18.7 Å². The third kappa shape index (κ3) is 5.31. The van der Waals surface area contributed by atoms with E-state index in [1.807, 2.05) is 0 Å². The van der Waals surface area contributed by atoms with Crippen molar-refractivity contribution in [1.29, 1.82) is 0 Å². The van der Waals surface area contributed by atoms with Crippen molar-refractivity contribution in [3.63, 3.8) is 0 Å². The first-order valence-electron chi connectivity index (χ1n) is 7.11. The predicted octanol–water partition coefficient (Wildman–Crippen LogP) is 2.43. The van der Waals surface area contributed by atoms with E-state index in [4.69, 9.17) is 16.4 Å². The summed E-state index contributed by atoms with van der Waals surface area (Å²) in [6.07, 6.45) is -2.74. The van der Waals surface area contributed by atoms with E-state index in [0.29, 0.717) is 6.20 Å². The van der Waals surface area contributed by atoms with Crippen molar-refractivity contribution in [2.75, 3.05) is 26.0 Å². The van der Waals surface area contributed by atoms with E-state index in [9.17, 15) is 18.0 Å². The molecule has 1 N–H and O–H groups in total. The van der Waals surface area contributed by atoms with Gasteiger partial charge in [-0.3, -0.25) is 4.79 Å². The summed E-state index contributed by atoms with van der Waals surface area (Å²) in [4.78, 5) is 25.8. The van der Waals surface area contributed by atoms with Crippen LogP contribution < -0.4 is 5.32 Å². The van der Waals surface area contributed by atoms with Crippen molar-refractivity contribution in [2.24, 2.45) is 10.1 Å². The number of nitrogens with one attached hydrogen (secondary N) is 1. The number of amides is 1. The van der Waals surface area contributed by atoms with Crippen LogP contribution in [0.5, 0.6) is 0 Å². The maximum absolute atomic E-state index is 12.6. The Bertz CT molecular complexity index is 706. The van der Waals surface area contributed by atoms with Gasteiger partial charge in [0.15, 0.2) is 11.8 Å². The highest BCUT2D eigenvalue weighted by atomic mass is 35.5. The van der Waals surface area contributed by atoms with Crippen LogP contribution in [0.25, 0.3) is 0 Å². The molecule has 0 saturated carbocycles. The maximum Gasteiger partial charge on any atom is 0.417 e. The molecular formula is C14H15ClF3N5O2. The highest BCUT2D eigenvalue weighted by Crippen LogP contribution is 2.32. The monoisotopic (exact) mass is 377 g/mol. The van der Waals surface area contributed by atoms with Crippen LogP contribution in [0.4, 0.5) is 19.0 Å². The van der Waals surface area contributed by atoms with Gasteiger partial charge in [-0.2, -0.15) is 18.2 Å². The zero-order valence-corrected chi connectivity index (χ0v) is 14.1. The van der Waals surface area contributed by atoms with Crippen LogP contribution in [-0.4, -0.2) is 54.6 Å². The van der Waals surface area contributed by atoms with E-state index >= 15 is 0 Å². The Balaban J connectivity index is 1.89. The molecule has 0 aromatic carbocycles. The molecule has 0 unspecified atom stereocenters. The SMILES string of the molecule is CN(C)C=NC(=O)C1=NO[C@H](CNc2ncc(C(F)(F)F)cc2Cl)C1. The van der Waals surface area contributed by atoms with Gasteiger partial charge in [0.2, 0.25) is 0 Å². The Morgan fingerprint density at radius 2 is 2.28 bits per heavy atom. The number of nitrogens with zero attached hydrogens (tertiary/aromatic N) is 4. The lowest BCUT2D eigenvalue weighted by atomic mass is 10.1. The average molecular weight is 378 g/mol. The summed E-state index contributed by atoms with van der Waals surface area (Å²) >= 11 is 5.80. The number of oxime groups is 1. The number of carbonyl (C=O) groups is 1. The van der Waals surface area contributed by atoms with Crippen molar-refractivity contribution in [3.05, 3.63) is 22.8 Å². The first-order chi connectivity index (χ1) is 11.7. The third-order valence-electron chi connectivity index (χ3n) is 3.05. The minimum absolute atomic E-state index is 0.0867. The first kappa shape index (κ1) is 19.0. The van der Waals surface area contributed by atoms with Crippen molar-refractivity contribution in [3.8, 4) is 0 Å². The lowest BCUT2D eigenvalue weighted by Gasteiger charge is -2.13. The number of halogens is 4. The summed E-state index contributed by atoms with van der Waals surface area (Å²) in [5.74, 6) is -0.425. The van der Waals surface area contributed by atoms with Gasteiger partial charge in [-0.1, -0.05) is 16.8 Å². The highest BCUT2D eigenvalue weighted by molar-refractivity contribution is 6.40. The number of alkyl halides is 3. The number of anilines is 1. The molecule has 1 aliphatic heterocycles. The highest BCUT2D eigenvalue weighted by Gasteiger charge is 2.32. The molecule has 7 nitrogen and oxygen atoms in total. The minimum atomic E-state index is -4.51. The quantitative estimate of drug-likeness (QED) is 0.629. The fourth-order valence-electron chi connectivity index (χ4n) is 1.84. The number of rotatable bonds is 5. The van der Waals surface area contributed by atoms with E-state index in [2.05, 4.69) is 20.4 Å². The van der Waals surface area contributed by atoms with Crippen LogP contribution in [0.2, 0.25) is 5.02 Å². The van der Waals surface area contributed by atoms with Gasteiger partial charge in [-0.25, -0.2) is 4.98 Å². The van der Waals surface area contributed by atoms with Crippen LogP contribution >= 0.6 is 11.6 Å². The number of aliphatic imine (C=N–C) groups is 1. The molecule has 1 aromatic rings. The van der Waals surface area contributed by atoms with E-state index in [0.717, 1.165) is 6.07 Å². The molecule has 1 atom stereocenters. The molecule has 0 bridgehead atoms. The number of carbonyl (C=O) groups excluding carboxylic acids is 1. The Kier molecular flexibility index (Phi) is 5.83. The van der Waals surface area contributed by atoms with Gasteiger partial charge in [-0.15, -0.1) is 0 Å². The van der Waals surface area contributed by atoms with Gasteiger partial charge in [0, 0.05) is 26.7 Å². The van der Waals surface area contributed by atoms with Gasteiger partial charge in [0.25, 0.3) is 5.91 Å². The molecule has 11 heteroatoms. The smallest absolute Gasteiger partial charge is 0.390 e. The lowest BCUT2D eigenvalue weighted by Crippen LogP contribution is -2.22. The third-order valence-corrected chi connectivity index (χ3v) is 3.34. The second-order valence-corrected chi connectivity index (χ2v) is 5.82. The standard InChI is InChI=1S/C14H15ClF3N5O2/c1-23(2)7-21-13(24)11-4-9(25-22-11)6-20-12-10(15)3-8(5-19-12)14(16,17)18/h3,5,7,9H,4,6H2,1-2H3,(H,19,20)/t9-/m0/s1. The maximum atomic E-state index is 12.6. The van der Waals surface area contributed by atoms with Crippen LogP contribution in [-0.2, 0) is 15.8 Å². The molecule has 136 valence electrons. The largest absolute Gasteiger partial charge is 0.417 e. The molecule has 0 spiro atoms. The topological polar surface area (TPSA) is 79.2 Å². The van der Waals surface area contributed by atoms with Gasteiger partial charge in [0.05, 0.1) is 23.5 Å². The van der Waals surface area contributed by atoms with Crippen LogP contribution in [0.1, 0.15) is 12.0 Å². The minimum Gasteiger partial charge on any atom is -0.390 e. The number of pyridine rings is 1. The van der Waals surface area contributed by atoms with Gasteiger partial charge in [-0.05, 0) is 6.07 Å². The zero-order valence-electron chi connectivity index (χ0n) is 13.3. The van der Waals surface area contributed by atoms with Crippen molar-refractivity contribution in [1.82, 2.24) is 9.88 Å². The summed E-state index contributed by atoms with van der Waals surface area (Å²) < 4.78 is 37.7. The molecule has 0 radical (unpaired) electrons. The van der Waals surface area contributed by atoms with E-state index in [1.54, 1.807) is 19.0 Å². The molecule has 1 aliphatic rings. The molecule has 0 saturated heterocycles. The second kappa shape index (κ2) is 7.68. The van der Waals surface area contributed by atoms with Gasteiger partial charge >= 0.3 is 6.18 Å².